The Morgan fingerprint density at radius 3 is 2.59 bits per heavy atom. The first-order chi connectivity index (χ1) is 12.7. The van der Waals surface area contributed by atoms with Gasteiger partial charge in [-0.2, -0.15) is 17.9 Å². The molecular weight excluding hydrogens is 393 g/mol. The lowest BCUT2D eigenvalue weighted by Gasteiger charge is -2.27. The highest BCUT2D eigenvalue weighted by Gasteiger charge is 2.35. The summed E-state index contributed by atoms with van der Waals surface area (Å²) in [5, 5.41) is 7.01. The monoisotopic (exact) mass is 409 g/mol. The summed E-state index contributed by atoms with van der Waals surface area (Å²) in [6, 6.07) is 9.89. The zero-order chi connectivity index (χ0) is 19.8. The maximum absolute atomic E-state index is 14.4. The number of benzene rings is 2. The van der Waals surface area contributed by atoms with Crippen LogP contribution in [0.25, 0.3) is 0 Å². The summed E-state index contributed by atoms with van der Waals surface area (Å²) in [5.74, 6) is -1.07. The number of hydrazone groups is 1. The molecule has 1 heterocycles. The second-order valence-electron chi connectivity index (χ2n) is 6.28. The molecule has 0 aromatic heterocycles. The van der Waals surface area contributed by atoms with E-state index in [0.717, 1.165) is 0 Å². The van der Waals surface area contributed by atoms with Crippen molar-refractivity contribution in [1.29, 1.82) is 0 Å². The van der Waals surface area contributed by atoms with Gasteiger partial charge in [0.15, 0.2) is 0 Å². The first kappa shape index (κ1) is 19.3. The van der Waals surface area contributed by atoms with Crippen LogP contribution in [0.3, 0.4) is 0 Å². The van der Waals surface area contributed by atoms with Crippen LogP contribution >= 0.6 is 11.6 Å². The van der Waals surface area contributed by atoms with Crippen molar-refractivity contribution in [2.75, 3.05) is 6.54 Å². The second kappa shape index (κ2) is 7.28. The number of sulfonamides is 1. The van der Waals surface area contributed by atoms with Gasteiger partial charge in [-0.1, -0.05) is 23.7 Å². The highest BCUT2D eigenvalue weighted by Crippen LogP contribution is 2.31. The fraction of sp³-hybridized carbons (Fsp3) is 0.222. The van der Waals surface area contributed by atoms with E-state index < -0.39 is 28.3 Å². The van der Waals surface area contributed by atoms with Crippen molar-refractivity contribution in [3.05, 3.63) is 64.4 Å². The van der Waals surface area contributed by atoms with Gasteiger partial charge < -0.3 is 5.32 Å². The van der Waals surface area contributed by atoms with Gasteiger partial charge in [-0.05, 0) is 44.2 Å². The lowest BCUT2D eigenvalue weighted by atomic mass is 10.0. The first-order valence-corrected chi connectivity index (χ1v) is 9.97. The van der Waals surface area contributed by atoms with E-state index in [0.29, 0.717) is 9.44 Å². The van der Waals surface area contributed by atoms with Crippen LogP contribution in [0.5, 0.6) is 0 Å². The summed E-state index contributed by atoms with van der Waals surface area (Å²) in [6.45, 7) is 3.00. The van der Waals surface area contributed by atoms with Crippen molar-refractivity contribution in [3.8, 4) is 0 Å². The molecule has 1 amide bonds. The van der Waals surface area contributed by atoms with E-state index in [9.17, 15) is 17.6 Å². The zero-order valence-electron chi connectivity index (χ0n) is 14.6. The Bertz CT molecular complexity index is 1040. The van der Waals surface area contributed by atoms with Crippen LogP contribution in [0.2, 0.25) is 5.02 Å². The molecule has 0 saturated heterocycles. The fourth-order valence-corrected chi connectivity index (χ4v) is 4.26. The minimum absolute atomic E-state index is 0.0856. The largest absolute Gasteiger partial charge is 0.352 e. The predicted octanol–water partition coefficient (Wildman–Crippen LogP) is 2.76. The molecule has 142 valence electrons. The Hall–Kier alpha value is -2.45. The lowest BCUT2D eigenvalue weighted by molar-refractivity contribution is -0.121. The Labute approximate surface area is 161 Å². The van der Waals surface area contributed by atoms with Crippen molar-refractivity contribution in [2.45, 2.75) is 24.8 Å². The maximum atomic E-state index is 14.4. The molecule has 0 unspecified atom stereocenters. The van der Waals surface area contributed by atoms with Crippen molar-refractivity contribution in [2.24, 2.45) is 5.10 Å². The number of carbonyl (C=O) groups is 1. The van der Waals surface area contributed by atoms with Gasteiger partial charge in [-0.15, -0.1) is 0 Å². The number of carbonyl (C=O) groups excluding carboxylic acids is 1. The van der Waals surface area contributed by atoms with E-state index in [-0.39, 0.29) is 27.8 Å². The van der Waals surface area contributed by atoms with Gasteiger partial charge in [0.2, 0.25) is 5.91 Å². The molecule has 2 aromatic rings. The molecule has 1 N–H and O–H groups in total. The highest BCUT2D eigenvalue weighted by atomic mass is 35.5. The molecule has 0 spiro atoms. The van der Waals surface area contributed by atoms with Gasteiger partial charge in [0.1, 0.15) is 18.1 Å². The van der Waals surface area contributed by atoms with Crippen molar-refractivity contribution >= 4 is 33.2 Å². The Morgan fingerprint density at radius 2 is 1.93 bits per heavy atom. The molecule has 6 nitrogen and oxygen atoms in total. The summed E-state index contributed by atoms with van der Waals surface area (Å²) in [4.78, 5) is 12.0. The summed E-state index contributed by atoms with van der Waals surface area (Å²) in [7, 11) is -4.08. The average Bonchev–Trinajstić information content (AvgIpc) is 2.57. The first-order valence-electron chi connectivity index (χ1n) is 8.15. The predicted molar refractivity (Wildman–Crippen MR) is 101 cm³/mol. The van der Waals surface area contributed by atoms with Crippen LogP contribution in [0, 0.1) is 5.82 Å². The van der Waals surface area contributed by atoms with E-state index in [1.165, 1.54) is 36.4 Å². The van der Waals surface area contributed by atoms with Crippen LogP contribution in [-0.2, 0) is 14.8 Å². The fourth-order valence-electron chi connectivity index (χ4n) is 2.71. The van der Waals surface area contributed by atoms with Crippen molar-refractivity contribution < 1.29 is 17.6 Å². The maximum Gasteiger partial charge on any atom is 0.280 e. The second-order valence-corrected chi connectivity index (χ2v) is 8.52. The minimum Gasteiger partial charge on any atom is -0.352 e. The van der Waals surface area contributed by atoms with Crippen LogP contribution in [0.15, 0.2) is 52.5 Å². The molecule has 0 radical (unpaired) electrons. The average molecular weight is 410 g/mol. The molecule has 3 rings (SSSR count). The summed E-state index contributed by atoms with van der Waals surface area (Å²) in [6.07, 6.45) is 0. The van der Waals surface area contributed by atoms with E-state index in [1.807, 2.05) is 0 Å². The van der Waals surface area contributed by atoms with Gasteiger partial charge in [0.05, 0.1) is 4.90 Å². The standard InChI is InChI=1S/C18H17ClFN3O3S/c1-11(2)21-17(24)10-23-22-18(13-5-3-4-6-15(13)20)14-9-12(19)7-8-16(14)27(23,25)26/h3-9,11H,10H2,1-2H3,(H,21,24). The van der Waals surface area contributed by atoms with Gasteiger partial charge in [0.25, 0.3) is 10.0 Å². The molecule has 0 bridgehead atoms. The van der Waals surface area contributed by atoms with E-state index >= 15 is 0 Å². The third kappa shape index (κ3) is 3.81. The number of rotatable bonds is 4. The van der Waals surface area contributed by atoms with Crippen LogP contribution in [0.1, 0.15) is 25.0 Å². The van der Waals surface area contributed by atoms with Crippen molar-refractivity contribution in [3.63, 3.8) is 0 Å². The number of halogens is 2. The van der Waals surface area contributed by atoms with Crippen LogP contribution in [0.4, 0.5) is 4.39 Å². The Balaban J connectivity index is 2.16. The molecule has 0 fully saturated rings. The van der Waals surface area contributed by atoms with Crippen LogP contribution < -0.4 is 5.32 Å². The SMILES string of the molecule is CC(C)NC(=O)CN1N=C(c2ccccc2F)c2cc(Cl)ccc2S1(=O)=O. The normalized spacial score (nSPS) is 15.3. The molecule has 1 aliphatic rings. The highest BCUT2D eigenvalue weighted by molar-refractivity contribution is 7.89. The smallest absolute Gasteiger partial charge is 0.280 e. The van der Waals surface area contributed by atoms with Crippen molar-refractivity contribution in [1.82, 2.24) is 9.73 Å². The molecular formula is C18H17ClFN3O3S. The van der Waals surface area contributed by atoms with E-state index in [4.69, 9.17) is 11.6 Å². The molecule has 0 aliphatic carbocycles. The molecule has 9 heteroatoms. The Morgan fingerprint density at radius 1 is 1.22 bits per heavy atom. The number of amides is 1. The number of fused-ring (bicyclic) bond motifs is 1. The quantitative estimate of drug-likeness (QED) is 0.843. The Kier molecular flexibility index (Phi) is 5.21. The molecule has 0 saturated carbocycles. The topological polar surface area (TPSA) is 78.8 Å². The molecule has 27 heavy (non-hydrogen) atoms. The summed E-state index contributed by atoms with van der Waals surface area (Å²) in [5.41, 5.74) is 0.399. The minimum atomic E-state index is -4.08. The van der Waals surface area contributed by atoms with E-state index in [2.05, 4.69) is 10.4 Å². The summed E-state index contributed by atoms with van der Waals surface area (Å²) < 4.78 is 40.8. The molecule has 2 aromatic carbocycles. The summed E-state index contributed by atoms with van der Waals surface area (Å²) >= 11 is 6.02. The van der Waals surface area contributed by atoms with Gasteiger partial charge in [-0.25, -0.2) is 4.39 Å². The number of hydrogen-bond acceptors (Lipinski definition) is 4. The third-order valence-electron chi connectivity index (χ3n) is 3.82. The number of nitrogens with zero attached hydrogens (tertiary/aromatic N) is 2. The zero-order valence-corrected chi connectivity index (χ0v) is 16.2. The number of hydrogen-bond donors (Lipinski definition) is 1. The van der Waals surface area contributed by atoms with E-state index in [1.54, 1.807) is 19.9 Å². The lowest BCUT2D eigenvalue weighted by Crippen LogP contribution is -2.42. The molecule has 1 aliphatic heterocycles. The van der Waals surface area contributed by atoms with Gasteiger partial charge >= 0.3 is 0 Å². The number of nitrogens with one attached hydrogen (secondary N) is 1. The molecule has 0 atom stereocenters. The van der Waals surface area contributed by atoms with Crippen LogP contribution in [-0.4, -0.2) is 37.0 Å². The third-order valence-corrected chi connectivity index (χ3v) is 5.73. The van der Waals surface area contributed by atoms with Gasteiger partial charge in [-0.3, -0.25) is 4.79 Å². The van der Waals surface area contributed by atoms with Gasteiger partial charge in [0, 0.05) is 22.2 Å².